The third-order valence-corrected chi connectivity index (χ3v) is 3.16. The Morgan fingerprint density at radius 3 is 2.48 bits per heavy atom. The van der Waals surface area contributed by atoms with Crippen molar-refractivity contribution in [1.29, 1.82) is 0 Å². The standard InChI is InChI=1S/C18H20NO4/c1-12(2)17(20)23-16-10-13(3)7-8-15(16)22-18(21)14-6-5-9-19(4)11-14/h5-12H,1-4H3/q+1. The second-order valence-electron chi connectivity index (χ2n) is 5.67. The fourth-order valence-corrected chi connectivity index (χ4v) is 1.87. The van der Waals surface area contributed by atoms with Gasteiger partial charge in [0.1, 0.15) is 12.6 Å². The van der Waals surface area contributed by atoms with Crippen LogP contribution in [-0.4, -0.2) is 11.9 Å². The van der Waals surface area contributed by atoms with E-state index in [2.05, 4.69) is 0 Å². The van der Waals surface area contributed by atoms with Crippen molar-refractivity contribution >= 4 is 11.9 Å². The van der Waals surface area contributed by atoms with Crippen molar-refractivity contribution in [3.8, 4) is 11.5 Å². The number of ether oxygens (including phenoxy) is 2. The van der Waals surface area contributed by atoms with Crippen LogP contribution in [0.5, 0.6) is 11.5 Å². The highest BCUT2D eigenvalue weighted by molar-refractivity contribution is 5.91. The number of aromatic nitrogens is 1. The summed E-state index contributed by atoms with van der Waals surface area (Å²) in [7, 11) is 1.82. The zero-order valence-electron chi connectivity index (χ0n) is 13.7. The van der Waals surface area contributed by atoms with E-state index in [1.54, 1.807) is 54.9 Å². The number of pyridine rings is 1. The Morgan fingerprint density at radius 2 is 1.83 bits per heavy atom. The summed E-state index contributed by atoms with van der Waals surface area (Å²) in [5.74, 6) is -0.684. The fraction of sp³-hybridized carbons (Fsp3) is 0.278. The Balaban J connectivity index is 2.25. The molecule has 2 aromatic rings. The molecule has 23 heavy (non-hydrogen) atoms. The van der Waals surface area contributed by atoms with Crippen LogP contribution in [0.15, 0.2) is 42.7 Å². The van der Waals surface area contributed by atoms with Gasteiger partial charge in [0, 0.05) is 6.07 Å². The van der Waals surface area contributed by atoms with Gasteiger partial charge in [0.05, 0.1) is 5.92 Å². The number of carbonyl (C=O) groups is 2. The summed E-state index contributed by atoms with van der Waals surface area (Å²) in [6.07, 6.45) is 3.48. The molecule has 1 heterocycles. The number of carbonyl (C=O) groups excluding carboxylic acids is 2. The summed E-state index contributed by atoms with van der Waals surface area (Å²) in [5.41, 5.74) is 1.32. The molecule has 0 atom stereocenters. The zero-order chi connectivity index (χ0) is 17.0. The summed E-state index contributed by atoms with van der Waals surface area (Å²) >= 11 is 0. The number of hydrogen-bond donors (Lipinski definition) is 0. The minimum absolute atomic E-state index is 0.223. The molecule has 0 radical (unpaired) electrons. The molecule has 0 bridgehead atoms. The maximum Gasteiger partial charge on any atom is 0.349 e. The van der Waals surface area contributed by atoms with Crippen LogP contribution in [0.25, 0.3) is 0 Å². The van der Waals surface area contributed by atoms with Gasteiger partial charge in [-0.15, -0.1) is 0 Å². The third kappa shape index (κ3) is 4.39. The molecule has 0 aliphatic rings. The Labute approximate surface area is 135 Å². The first-order valence-corrected chi connectivity index (χ1v) is 7.36. The van der Waals surface area contributed by atoms with Gasteiger partial charge in [-0.05, 0) is 30.7 Å². The smallest absolute Gasteiger partial charge is 0.349 e. The van der Waals surface area contributed by atoms with Crippen LogP contribution in [0.1, 0.15) is 29.8 Å². The molecule has 0 amide bonds. The molecule has 0 aliphatic heterocycles. The summed E-state index contributed by atoms with van der Waals surface area (Å²) in [6.45, 7) is 5.36. The number of nitrogens with zero attached hydrogens (tertiary/aromatic N) is 1. The number of rotatable bonds is 4. The molecule has 0 N–H and O–H groups in total. The van der Waals surface area contributed by atoms with Gasteiger partial charge in [-0.3, -0.25) is 4.79 Å². The number of esters is 2. The monoisotopic (exact) mass is 314 g/mol. The van der Waals surface area contributed by atoms with Gasteiger partial charge in [0.25, 0.3) is 0 Å². The van der Waals surface area contributed by atoms with Crippen LogP contribution >= 0.6 is 0 Å². The highest BCUT2D eigenvalue weighted by atomic mass is 16.6. The van der Waals surface area contributed by atoms with E-state index in [1.165, 1.54) is 0 Å². The average molecular weight is 314 g/mol. The van der Waals surface area contributed by atoms with Crippen molar-refractivity contribution < 1.29 is 23.6 Å². The van der Waals surface area contributed by atoms with Crippen molar-refractivity contribution in [3.05, 3.63) is 53.9 Å². The van der Waals surface area contributed by atoms with Crippen molar-refractivity contribution in [2.45, 2.75) is 20.8 Å². The van der Waals surface area contributed by atoms with Gasteiger partial charge < -0.3 is 9.47 Å². The van der Waals surface area contributed by atoms with Gasteiger partial charge in [-0.25, -0.2) is 9.36 Å². The lowest BCUT2D eigenvalue weighted by atomic mass is 10.2. The van der Waals surface area contributed by atoms with Crippen LogP contribution in [0.3, 0.4) is 0 Å². The van der Waals surface area contributed by atoms with Gasteiger partial charge >= 0.3 is 11.9 Å². The van der Waals surface area contributed by atoms with E-state index in [0.717, 1.165) is 5.56 Å². The molecule has 5 heteroatoms. The second kappa shape index (κ2) is 7.05. The van der Waals surface area contributed by atoms with E-state index in [4.69, 9.17) is 9.47 Å². The molecule has 2 rings (SSSR count). The molecule has 0 unspecified atom stereocenters. The minimum atomic E-state index is -0.508. The van der Waals surface area contributed by atoms with Crippen molar-refractivity contribution in [1.82, 2.24) is 0 Å². The summed E-state index contributed by atoms with van der Waals surface area (Å²) < 4.78 is 12.5. The summed E-state index contributed by atoms with van der Waals surface area (Å²) in [5, 5.41) is 0. The predicted molar refractivity (Wildman–Crippen MR) is 84.2 cm³/mol. The number of aryl methyl sites for hydroxylation is 2. The van der Waals surface area contributed by atoms with E-state index < -0.39 is 5.97 Å². The molecular weight excluding hydrogens is 294 g/mol. The van der Waals surface area contributed by atoms with E-state index >= 15 is 0 Å². The first-order chi connectivity index (χ1) is 10.9. The second-order valence-corrected chi connectivity index (χ2v) is 5.67. The van der Waals surface area contributed by atoms with Gasteiger partial charge in [-0.2, -0.15) is 0 Å². The SMILES string of the molecule is Cc1ccc(OC(=O)c2ccc[n+](C)c2)c(OC(=O)C(C)C)c1. The summed E-state index contributed by atoms with van der Waals surface area (Å²) in [4.78, 5) is 24.1. The average Bonchev–Trinajstić information content (AvgIpc) is 2.49. The minimum Gasteiger partial charge on any atom is -0.422 e. The lowest BCUT2D eigenvalue weighted by Gasteiger charge is -2.12. The van der Waals surface area contributed by atoms with Gasteiger partial charge in [0.15, 0.2) is 23.9 Å². The number of hydrogen-bond acceptors (Lipinski definition) is 4. The fourth-order valence-electron chi connectivity index (χ4n) is 1.87. The molecule has 1 aromatic carbocycles. The zero-order valence-corrected chi connectivity index (χ0v) is 13.7. The van der Waals surface area contributed by atoms with Crippen molar-refractivity contribution in [2.75, 3.05) is 0 Å². The number of benzene rings is 1. The molecule has 0 aliphatic carbocycles. The Hall–Kier alpha value is -2.69. The topological polar surface area (TPSA) is 56.5 Å². The molecule has 120 valence electrons. The Kier molecular flexibility index (Phi) is 5.11. The third-order valence-electron chi connectivity index (χ3n) is 3.16. The molecular formula is C18H20NO4+. The maximum atomic E-state index is 12.2. The van der Waals surface area contributed by atoms with E-state index in [-0.39, 0.29) is 23.4 Å². The lowest BCUT2D eigenvalue weighted by Crippen LogP contribution is -2.28. The van der Waals surface area contributed by atoms with E-state index in [0.29, 0.717) is 5.56 Å². The van der Waals surface area contributed by atoms with Crippen LogP contribution in [0.4, 0.5) is 0 Å². The van der Waals surface area contributed by atoms with Crippen LogP contribution in [-0.2, 0) is 11.8 Å². The molecule has 0 saturated carbocycles. The molecule has 0 fully saturated rings. The highest BCUT2D eigenvalue weighted by Crippen LogP contribution is 2.29. The van der Waals surface area contributed by atoms with Crippen LogP contribution < -0.4 is 14.0 Å². The molecule has 1 aromatic heterocycles. The Morgan fingerprint density at radius 1 is 1.09 bits per heavy atom. The summed E-state index contributed by atoms with van der Waals surface area (Å²) in [6, 6.07) is 8.51. The first-order valence-electron chi connectivity index (χ1n) is 7.36. The van der Waals surface area contributed by atoms with Crippen molar-refractivity contribution in [3.63, 3.8) is 0 Å². The quantitative estimate of drug-likeness (QED) is 0.494. The molecule has 0 spiro atoms. The van der Waals surface area contributed by atoms with E-state index in [9.17, 15) is 9.59 Å². The van der Waals surface area contributed by atoms with Crippen molar-refractivity contribution in [2.24, 2.45) is 13.0 Å². The van der Waals surface area contributed by atoms with E-state index in [1.807, 2.05) is 20.2 Å². The lowest BCUT2D eigenvalue weighted by molar-refractivity contribution is -0.671. The van der Waals surface area contributed by atoms with Crippen LogP contribution in [0, 0.1) is 12.8 Å². The normalized spacial score (nSPS) is 10.5. The highest BCUT2D eigenvalue weighted by Gasteiger charge is 2.18. The first kappa shape index (κ1) is 16.7. The molecule has 5 nitrogen and oxygen atoms in total. The largest absolute Gasteiger partial charge is 0.422 e. The Bertz CT molecular complexity index is 738. The predicted octanol–water partition coefficient (Wildman–Crippen LogP) is 2.60. The van der Waals surface area contributed by atoms with Crippen LogP contribution in [0.2, 0.25) is 0 Å². The molecule has 0 saturated heterocycles. The van der Waals surface area contributed by atoms with Gasteiger partial charge in [0.2, 0.25) is 0 Å². The van der Waals surface area contributed by atoms with Gasteiger partial charge in [-0.1, -0.05) is 19.9 Å². The maximum absolute atomic E-state index is 12.2.